The summed E-state index contributed by atoms with van der Waals surface area (Å²) in [7, 11) is 0. The molecule has 3 rings (SSSR count). The summed E-state index contributed by atoms with van der Waals surface area (Å²) in [4.78, 5) is 21.3. The van der Waals surface area contributed by atoms with Crippen molar-refractivity contribution in [1.29, 1.82) is 0 Å². The van der Waals surface area contributed by atoms with Gasteiger partial charge >= 0.3 is 0 Å². The molecule has 2 aromatic carbocycles. The van der Waals surface area contributed by atoms with Gasteiger partial charge in [-0.25, -0.2) is 9.97 Å². The Bertz CT molecular complexity index is 859. The second-order valence-corrected chi connectivity index (χ2v) is 5.94. The number of carbonyl (C=O) groups excluding carboxylic acids is 1. The number of nitrogens with one attached hydrogen (secondary N) is 1. The number of nitrogens with zero attached hydrogens (tertiary/aromatic N) is 2. The van der Waals surface area contributed by atoms with E-state index in [1.807, 2.05) is 38.1 Å². The average Bonchev–Trinajstić information content (AvgIpc) is 2.60. The molecule has 1 heterocycles. The Kier molecular flexibility index (Phi) is 4.85. The fourth-order valence-corrected chi connectivity index (χ4v) is 2.61. The number of rotatable bonds is 5. The molecule has 0 aliphatic heterocycles. The Hall–Kier alpha value is -2.75. The van der Waals surface area contributed by atoms with Crippen LogP contribution in [0.25, 0.3) is 11.0 Å². The largest absolute Gasteiger partial charge is 0.352 e. The average molecular weight is 319 g/mol. The van der Waals surface area contributed by atoms with Crippen LogP contribution in [-0.2, 0) is 6.42 Å². The van der Waals surface area contributed by atoms with E-state index in [9.17, 15) is 4.79 Å². The van der Waals surface area contributed by atoms with Gasteiger partial charge in [0.1, 0.15) is 0 Å². The van der Waals surface area contributed by atoms with E-state index in [1.165, 1.54) is 5.56 Å². The SMILES string of the molecule is Cc1nc2ccc(C(=O)NCCCc3ccccc3)cc2nc1C. The molecule has 1 amide bonds. The van der Waals surface area contributed by atoms with E-state index in [0.29, 0.717) is 12.1 Å². The van der Waals surface area contributed by atoms with E-state index in [-0.39, 0.29) is 5.91 Å². The zero-order valence-corrected chi connectivity index (χ0v) is 14.0. The smallest absolute Gasteiger partial charge is 0.251 e. The van der Waals surface area contributed by atoms with Gasteiger partial charge in [-0.1, -0.05) is 30.3 Å². The normalized spacial score (nSPS) is 10.8. The molecule has 3 aromatic rings. The number of amides is 1. The van der Waals surface area contributed by atoms with Crippen molar-refractivity contribution in [2.45, 2.75) is 26.7 Å². The lowest BCUT2D eigenvalue weighted by Crippen LogP contribution is -2.24. The maximum Gasteiger partial charge on any atom is 0.251 e. The minimum Gasteiger partial charge on any atom is -0.352 e. The van der Waals surface area contributed by atoms with Crippen LogP contribution in [-0.4, -0.2) is 22.4 Å². The molecule has 0 fully saturated rings. The van der Waals surface area contributed by atoms with E-state index in [0.717, 1.165) is 35.3 Å². The highest BCUT2D eigenvalue weighted by Crippen LogP contribution is 2.14. The van der Waals surface area contributed by atoms with E-state index in [4.69, 9.17) is 0 Å². The molecule has 24 heavy (non-hydrogen) atoms. The minimum atomic E-state index is -0.0648. The molecule has 1 aromatic heterocycles. The van der Waals surface area contributed by atoms with Crippen molar-refractivity contribution in [2.75, 3.05) is 6.54 Å². The molecule has 0 atom stereocenters. The summed E-state index contributed by atoms with van der Waals surface area (Å²) in [6.07, 6.45) is 1.88. The molecular weight excluding hydrogens is 298 g/mol. The molecule has 0 saturated carbocycles. The Labute approximate surface area is 142 Å². The number of fused-ring (bicyclic) bond motifs is 1. The van der Waals surface area contributed by atoms with Gasteiger partial charge in [0.15, 0.2) is 0 Å². The third-order valence-electron chi connectivity index (χ3n) is 4.11. The van der Waals surface area contributed by atoms with Crippen LogP contribution in [0.4, 0.5) is 0 Å². The zero-order valence-electron chi connectivity index (χ0n) is 14.0. The highest BCUT2D eigenvalue weighted by Gasteiger charge is 2.08. The molecule has 4 nitrogen and oxygen atoms in total. The van der Waals surface area contributed by atoms with Crippen LogP contribution >= 0.6 is 0 Å². The van der Waals surface area contributed by atoms with Crippen molar-refractivity contribution in [2.24, 2.45) is 0 Å². The van der Waals surface area contributed by atoms with Gasteiger partial charge < -0.3 is 5.32 Å². The van der Waals surface area contributed by atoms with Gasteiger partial charge in [0.05, 0.1) is 22.4 Å². The summed E-state index contributed by atoms with van der Waals surface area (Å²) in [5.41, 5.74) is 5.30. The third-order valence-corrected chi connectivity index (χ3v) is 4.11. The molecule has 0 aliphatic rings. The minimum absolute atomic E-state index is 0.0648. The van der Waals surface area contributed by atoms with Crippen molar-refractivity contribution >= 4 is 16.9 Å². The number of aromatic nitrogens is 2. The zero-order chi connectivity index (χ0) is 16.9. The van der Waals surface area contributed by atoms with Crippen LogP contribution in [0, 0.1) is 13.8 Å². The molecule has 0 radical (unpaired) electrons. The van der Waals surface area contributed by atoms with Gasteiger partial charge in [-0.2, -0.15) is 0 Å². The van der Waals surface area contributed by atoms with Crippen LogP contribution in [0.15, 0.2) is 48.5 Å². The molecule has 0 aliphatic carbocycles. The van der Waals surface area contributed by atoms with Gasteiger partial charge in [-0.3, -0.25) is 4.79 Å². The summed E-state index contributed by atoms with van der Waals surface area (Å²) in [5, 5.41) is 2.97. The molecule has 0 saturated heterocycles. The second kappa shape index (κ2) is 7.21. The number of carbonyl (C=O) groups is 1. The standard InChI is InChI=1S/C20H21N3O/c1-14-15(2)23-19-13-17(10-11-18(19)22-14)20(24)21-12-6-9-16-7-4-3-5-8-16/h3-5,7-8,10-11,13H,6,9,12H2,1-2H3,(H,21,24). The fraction of sp³-hybridized carbons (Fsp3) is 0.250. The summed E-state index contributed by atoms with van der Waals surface area (Å²) in [5.74, 6) is -0.0648. The van der Waals surface area contributed by atoms with Crippen LogP contribution in [0.5, 0.6) is 0 Å². The molecule has 0 unspecified atom stereocenters. The van der Waals surface area contributed by atoms with E-state index in [1.54, 1.807) is 12.1 Å². The maximum atomic E-state index is 12.3. The number of benzene rings is 2. The summed E-state index contributed by atoms with van der Waals surface area (Å²) in [6, 6.07) is 15.8. The van der Waals surface area contributed by atoms with Gasteiger partial charge in [0.2, 0.25) is 0 Å². The number of hydrogen-bond donors (Lipinski definition) is 1. The Morgan fingerprint density at radius 2 is 1.67 bits per heavy atom. The number of aryl methyl sites for hydroxylation is 3. The molecule has 1 N–H and O–H groups in total. The molecule has 122 valence electrons. The first-order chi connectivity index (χ1) is 11.6. The van der Waals surface area contributed by atoms with Crippen molar-refractivity contribution in [3.05, 3.63) is 71.0 Å². The van der Waals surface area contributed by atoms with Gasteiger partial charge in [0, 0.05) is 12.1 Å². The summed E-state index contributed by atoms with van der Waals surface area (Å²) in [6.45, 7) is 4.53. The van der Waals surface area contributed by atoms with Crippen LogP contribution < -0.4 is 5.32 Å². The Morgan fingerprint density at radius 3 is 2.42 bits per heavy atom. The number of hydrogen-bond acceptors (Lipinski definition) is 3. The predicted octanol–water partition coefficient (Wildman–Crippen LogP) is 3.61. The van der Waals surface area contributed by atoms with Crippen LogP contribution in [0.1, 0.15) is 33.7 Å². The van der Waals surface area contributed by atoms with Crippen molar-refractivity contribution in [3.63, 3.8) is 0 Å². The quantitative estimate of drug-likeness (QED) is 0.731. The van der Waals surface area contributed by atoms with Crippen molar-refractivity contribution in [3.8, 4) is 0 Å². The van der Waals surface area contributed by atoms with Crippen LogP contribution in [0.3, 0.4) is 0 Å². The Morgan fingerprint density at radius 1 is 0.958 bits per heavy atom. The van der Waals surface area contributed by atoms with Gasteiger partial charge in [-0.15, -0.1) is 0 Å². The van der Waals surface area contributed by atoms with Crippen molar-refractivity contribution in [1.82, 2.24) is 15.3 Å². The summed E-state index contributed by atoms with van der Waals surface area (Å²) >= 11 is 0. The maximum absolute atomic E-state index is 12.3. The third kappa shape index (κ3) is 3.77. The molecule has 0 bridgehead atoms. The van der Waals surface area contributed by atoms with Gasteiger partial charge in [-0.05, 0) is 50.5 Å². The Balaban J connectivity index is 1.60. The fourth-order valence-electron chi connectivity index (χ4n) is 2.61. The van der Waals surface area contributed by atoms with E-state index < -0.39 is 0 Å². The lowest BCUT2D eigenvalue weighted by atomic mass is 10.1. The molecule has 0 spiro atoms. The lowest BCUT2D eigenvalue weighted by Gasteiger charge is -2.07. The highest BCUT2D eigenvalue weighted by atomic mass is 16.1. The molecular formula is C20H21N3O. The van der Waals surface area contributed by atoms with Gasteiger partial charge in [0.25, 0.3) is 5.91 Å². The van der Waals surface area contributed by atoms with E-state index in [2.05, 4.69) is 27.4 Å². The first-order valence-corrected chi connectivity index (χ1v) is 8.20. The van der Waals surface area contributed by atoms with Crippen LogP contribution in [0.2, 0.25) is 0 Å². The topological polar surface area (TPSA) is 54.9 Å². The predicted molar refractivity (Wildman–Crippen MR) is 96.1 cm³/mol. The van der Waals surface area contributed by atoms with E-state index >= 15 is 0 Å². The monoisotopic (exact) mass is 319 g/mol. The summed E-state index contributed by atoms with van der Waals surface area (Å²) < 4.78 is 0. The molecule has 4 heteroatoms. The highest BCUT2D eigenvalue weighted by molar-refractivity contribution is 5.97. The lowest BCUT2D eigenvalue weighted by molar-refractivity contribution is 0.0953. The first-order valence-electron chi connectivity index (χ1n) is 8.20. The van der Waals surface area contributed by atoms with Crippen molar-refractivity contribution < 1.29 is 4.79 Å². The first kappa shape index (κ1) is 16.1. The second-order valence-electron chi connectivity index (χ2n) is 5.94.